The topological polar surface area (TPSA) is 39.9 Å². The van der Waals surface area contributed by atoms with Crippen molar-refractivity contribution in [2.45, 2.75) is 39.2 Å². The highest BCUT2D eigenvalue weighted by Gasteiger charge is 2.43. The summed E-state index contributed by atoms with van der Waals surface area (Å²) >= 11 is 5.94. The number of alkyl halides is 1. The van der Waals surface area contributed by atoms with Crippen LogP contribution >= 0.6 is 11.6 Å². The van der Waals surface area contributed by atoms with E-state index in [1.807, 2.05) is 13.0 Å². The van der Waals surface area contributed by atoms with Crippen molar-refractivity contribution in [2.75, 3.05) is 19.6 Å². The molecule has 0 saturated heterocycles. The summed E-state index contributed by atoms with van der Waals surface area (Å²) in [6.07, 6.45) is 4.43. The van der Waals surface area contributed by atoms with Crippen LogP contribution in [0, 0.1) is 12.3 Å². The van der Waals surface area contributed by atoms with Gasteiger partial charge >= 0.3 is 0 Å². The van der Waals surface area contributed by atoms with Gasteiger partial charge in [-0.25, -0.2) is 9.97 Å². The molecule has 2 aromatic rings. The normalized spacial score (nSPS) is 16.5. The lowest BCUT2D eigenvalue weighted by atomic mass is 10.0. The summed E-state index contributed by atoms with van der Waals surface area (Å²) in [6.45, 7) is 3.83. The second-order valence-electron chi connectivity index (χ2n) is 6.09. The number of aromatic nitrogens is 3. The van der Waals surface area contributed by atoms with Crippen LogP contribution in [-0.4, -0.2) is 34.1 Å². The number of aryl methyl sites for hydroxylation is 2. The summed E-state index contributed by atoms with van der Waals surface area (Å²) in [5.74, 6) is 1.65. The molecule has 0 spiro atoms. The van der Waals surface area contributed by atoms with E-state index in [2.05, 4.69) is 10.6 Å². The summed E-state index contributed by atoms with van der Waals surface area (Å²) in [5.41, 5.74) is 3.38. The first-order valence-electron chi connectivity index (χ1n) is 7.55. The van der Waals surface area contributed by atoms with Crippen LogP contribution in [0.4, 0.5) is 0 Å². The number of imidazole rings is 1. The predicted octanol–water partition coefficient (Wildman–Crippen LogP) is 3.34. The molecule has 21 heavy (non-hydrogen) atoms. The Labute approximate surface area is 130 Å². The van der Waals surface area contributed by atoms with Gasteiger partial charge in [0.25, 0.3) is 0 Å². The first-order valence-corrected chi connectivity index (χ1v) is 8.09. The van der Waals surface area contributed by atoms with E-state index in [1.54, 1.807) is 7.11 Å². The molecule has 0 amide bonds. The van der Waals surface area contributed by atoms with E-state index in [0.717, 1.165) is 48.7 Å². The Bertz CT molecular complexity index is 634. The minimum atomic E-state index is 0.371. The van der Waals surface area contributed by atoms with Crippen molar-refractivity contribution < 1.29 is 4.74 Å². The van der Waals surface area contributed by atoms with Gasteiger partial charge < -0.3 is 9.30 Å². The van der Waals surface area contributed by atoms with Crippen LogP contribution in [0.1, 0.15) is 30.8 Å². The molecule has 2 aromatic heterocycles. The van der Waals surface area contributed by atoms with Crippen molar-refractivity contribution in [2.24, 2.45) is 5.41 Å². The zero-order valence-electron chi connectivity index (χ0n) is 12.7. The Hall–Kier alpha value is -1.13. The number of fused-ring (bicyclic) bond motifs is 1. The number of ether oxygens (including phenoxy) is 1. The molecule has 114 valence electrons. The fourth-order valence-corrected chi connectivity index (χ4v) is 3.07. The Morgan fingerprint density at radius 1 is 1.33 bits per heavy atom. The number of nitrogens with zero attached hydrogens (tertiary/aromatic N) is 3. The van der Waals surface area contributed by atoms with Gasteiger partial charge in [0, 0.05) is 38.3 Å². The smallest absolute Gasteiger partial charge is 0.160 e. The third-order valence-corrected chi connectivity index (χ3v) is 4.60. The van der Waals surface area contributed by atoms with Gasteiger partial charge in [0.2, 0.25) is 0 Å². The molecule has 5 heteroatoms. The van der Waals surface area contributed by atoms with Crippen LogP contribution in [0.2, 0.25) is 0 Å². The average Bonchev–Trinajstić information content (AvgIpc) is 3.17. The number of hydrogen-bond donors (Lipinski definition) is 0. The molecule has 4 nitrogen and oxygen atoms in total. The Morgan fingerprint density at radius 3 is 2.81 bits per heavy atom. The second-order valence-corrected chi connectivity index (χ2v) is 6.47. The molecule has 0 unspecified atom stereocenters. The summed E-state index contributed by atoms with van der Waals surface area (Å²) in [6, 6.07) is 4.07. The molecule has 2 heterocycles. The molecular weight excluding hydrogens is 286 g/mol. The quantitative estimate of drug-likeness (QED) is 0.737. The SMILES string of the molecule is COCCC1(Cn2c(CCCl)nc3ccc(C)nc32)CC1. The monoisotopic (exact) mass is 307 g/mol. The summed E-state index contributed by atoms with van der Waals surface area (Å²) in [5, 5.41) is 0. The molecular formula is C16H22ClN3O. The third kappa shape index (κ3) is 3.06. The van der Waals surface area contributed by atoms with Crippen molar-refractivity contribution in [3.63, 3.8) is 0 Å². The molecule has 0 aliphatic heterocycles. The molecule has 0 N–H and O–H groups in total. The van der Waals surface area contributed by atoms with Crippen LogP contribution in [0.3, 0.4) is 0 Å². The van der Waals surface area contributed by atoms with Gasteiger partial charge in [0.15, 0.2) is 5.65 Å². The van der Waals surface area contributed by atoms with Crippen molar-refractivity contribution in [3.05, 3.63) is 23.7 Å². The first-order chi connectivity index (χ1) is 10.2. The van der Waals surface area contributed by atoms with E-state index in [9.17, 15) is 0 Å². The van der Waals surface area contributed by atoms with Crippen LogP contribution in [0.15, 0.2) is 12.1 Å². The van der Waals surface area contributed by atoms with E-state index in [0.29, 0.717) is 11.3 Å². The molecule has 0 radical (unpaired) electrons. The van der Waals surface area contributed by atoms with Gasteiger partial charge in [0.05, 0.1) is 0 Å². The van der Waals surface area contributed by atoms with Crippen molar-refractivity contribution in [1.29, 1.82) is 0 Å². The summed E-state index contributed by atoms with van der Waals surface area (Å²) < 4.78 is 7.54. The van der Waals surface area contributed by atoms with Crippen molar-refractivity contribution >= 4 is 22.8 Å². The Balaban J connectivity index is 1.95. The van der Waals surface area contributed by atoms with Gasteiger partial charge in [0.1, 0.15) is 11.3 Å². The predicted molar refractivity (Wildman–Crippen MR) is 84.8 cm³/mol. The molecule has 1 saturated carbocycles. The van der Waals surface area contributed by atoms with Gasteiger partial charge in [-0.2, -0.15) is 0 Å². The number of methoxy groups -OCH3 is 1. The summed E-state index contributed by atoms with van der Waals surface area (Å²) in [4.78, 5) is 9.42. The third-order valence-electron chi connectivity index (χ3n) is 4.42. The Morgan fingerprint density at radius 2 is 2.14 bits per heavy atom. The van der Waals surface area contributed by atoms with Crippen molar-refractivity contribution in [1.82, 2.24) is 14.5 Å². The molecule has 1 fully saturated rings. The van der Waals surface area contributed by atoms with E-state index in [-0.39, 0.29) is 0 Å². The number of pyridine rings is 1. The molecule has 0 atom stereocenters. The number of hydrogen-bond acceptors (Lipinski definition) is 3. The van der Waals surface area contributed by atoms with Crippen LogP contribution in [-0.2, 0) is 17.7 Å². The Kier molecular flexibility index (Phi) is 4.18. The van der Waals surface area contributed by atoms with E-state index in [4.69, 9.17) is 26.3 Å². The van der Waals surface area contributed by atoms with Gasteiger partial charge in [-0.05, 0) is 43.7 Å². The highest BCUT2D eigenvalue weighted by Crippen LogP contribution is 2.50. The van der Waals surface area contributed by atoms with Gasteiger partial charge in [-0.3, -0.25) is 0 Å². The number of rotatable bonds is 7. The van der Waals surface area contributed by atoms with Gasteiger partial charge in [-0.15, -0.1) is 11.6 Å². The standard InChI is InChI=1S/C16H22ClN3O/c1-12-3-4-13-15(18-12)20(14(19-13)5-9-17)11-16(6-7-16)8-10-21-2/h3-4H,5-11H2,1-2H3. The molecule has 0 aromatic carbocycles. The number of halogens is 1. The maximum Gasteiger partial charge on any atom is 0.160 e. The zero-order chi connectivity index (χ0) is 14.9. The van der Waals surface area contributed by atoms with E-state index >= 15 is 0 Å². The van der Waals surface area contributed by atoms with E-state index < -0.39 is 0 Å². The lowest BCUT2D eigenvalue weighted by molar-refractivity contribution is 0.167. The lowest BCUT2D eigenvalue weighted by Gasteiger charge is -2.17. The van der Waals surface area contributed by atoms with E-state index in [1.165, 1.54) is 12.8 Å². The molecule has 1 aliphatic carbocycles. The van der Waals surface area contributed by atoms with Crippen LogP contribution in [0.25, 0.3) is 11.2 Å². The average molecular weight is 308 g/mol. The van der Waals surface area contributed by atoms with Gasteiger partial charge in [-0.1, -0.05) is 0 Å². The first kappa shape index (κ1) is 14.8. The lowest BCUT2D eigenvalue weighted by Crippen LogP contribution is -2.17. The highest BCUT2D eigenvalue weighted by molar-refractivity contribution is 6.17. The maximum atomic E-state index is 5.94. The largest absolute Gasteiger partial charge is 0.385 e. The zero-order valence-corrected chi connectivity index (χ0v) is 13.5. The van der Waals surface area contributed by atoms with Crippen LogP contribution < -0.4 is 0 Å². The van der Waals surface area contributed by atoms with Crippen molar-refractivity contribution in [3.8, 4) is 0 Å². The minimum absolute atomic E-state index is 0.371. The fourth-order valence-electron chi connectivity index (χ4n) is 2.90. The highest BCUT2D eigenvalue weighted by atomic mass is 35.5. The molecule has 1 aliphatic rings. The molecule has 3 rings (SSSR count). The van der Waals surface area contributed by atoms with Crippen LogP contribution in [0.5, 0.6) is 0 Å². The second kappa shape index (κ2) is 5.93. The summed E-state index contributed by atoms with van der Waals surface area (Å²) in [7, 11) is 1.77. The molecule has 0 bridgehead atoms. The fraction of sp³-hybridized carbons (Fsp3) is 0.625. The minimum Gasteiger partial charge on any atom is -0.385 e. The maximum absolute atomic E-state index is 5.94.